The number of fused-ring (bicyclic) bond motifs is 1. The molecule has 6 nitrogen and oxygen atoms in total. The number of carboxylic acid groups (broad SMARTS) is 1. The van der Waals surface area contributed by atoms with Crippen molar-refractivity contribution in [2.24, 2.45) is 0 Å². The number of aliphatic carboxylic acids is 1. The summed E-state index contributed by atoms with van der Waals surface area (Å²) < 4.78 is 16.0. The molecule has 7 heteroatoms. The number of methoxy groups -OCH3 is 1. The number of hydrogen-bond acceptors (Lipinski definition) is 5. The zero-order chi connectivity index (χ0) is 15.2. The quantitative estimate of drug-likeness (QED) is 0.825. The zero-order valence-electron chi connectivity index (χ0n) is 11.8. The summed E-state index contributed by atoms with van der Waals surface area (Å²) in [5.74, 6) is 0.272. The summed E-state index contributed by atoms with van der Waals surface area (Å²) in [5.41, 5.74) is 0.876. The summed E-state index contributed by atoms with van der Waals surface area (Å²) in [4.78, 5) is 12.7. The van der Waals surface area contributed by atoms with Crippen LogP contribution in [0, 0.1) is 0 Å². The van der Waals surface area contributed by atoms with Gasteiger partial charge in [-0.15, -0.1) is 0 Å². The largest absolute Gasteiger partial charge is 0.486 e. The molecule has 1 heterocycles. The molecule has 0 amide bonds. The summed E-state index contributed by atoms with van der Waals surface area (Å²) in [6, 6.07) is 3.61. The Balaban J connectivity index is 2.12. The van der Waals surface area contributed by atoms with Crippen molar-refractivity contribution in [3.63, 3.8) is 0 Å². The first-order valence-electron chi connectivity index (χ1n) is 6.61. The Morgan fingerprint density at radius 3 is 2.90 bits per heavy atom. The maximum absolute atomic E-state index is 10.9. The predicted octanol–water partition coefficient (Wildman–Crippen LogP) is 1.64. The van der Waals surface area contributed by atoms with Gasteiger partial charge >= 0.3 is 5.97 Å². The number of rotatable bonds is 7. The number of carbonyl (C=O) groups is 1. The van der Waals surface area contributed by atoms with Crippen LogP contribution in [0.2, 0.25) is 5.02 Å². The number of benzene rings is 1. The molecule has 1 aliphatic heterocycles. The lowest BCUT2D eigenvalue weighted by atomic mass is 10.1. The molecule has 0 aliphatic carbocycles. The van der Waals surface area contributed by atoms with Gasteiger partial charge in [-0.2, -0.15) is 0 Å². The van der Waals surface area contributed by atoms with Gasteiger partial charge in [0.05, 0.1) is 18.2 Å². The number of halogens is 1. The molecule has 0 saturated carbocycles. The van der Waals surface area contributed by atoms with Gasteiger partial charge in [-0.1, -0.05) is 11.6 Å². The number of carboxylic acids is 1. The van der Waals surface area contributed by atoms with E-state index in [1.54, 1.807) is 18.1 Å². The van der Waals surface area contributed by atoms with Crippen molar-refractivity contribution in [2.45, 2.75) is 6.54 Å². The van der Waals surface area contributed by atoms with Gasteiger partial charge < -0.3 is 19.3 Å². The molecule has 0 unspecified atom stereocenters. The fourth-order valence-electron chi connectivity index (χ4n) is 2.14. The highest BCUT2D eigenvalue weighted by atomic mass is 35.5. The first-order chi connectivity index (χ1) is 10.1. The molecule has 0 bridgehead atoms. The molecule has 1 aromatic rings. The van der Waals surface area contributed by atoms with Crippen LogP contribution in [0.5, 0.6) is 11.5 Å². The van der Waals surface area contributed by atoms with Gasteiger partial charge in [0.15, 0.2) is 11.5 Å². The van der Waals surface area contributed by atoms with Crippen LogP contribution in [0.1, 0.15) is 5.56 Å². The molecule has 1 aliphatic rings. The SMILES string of the molecule is COCCN(CC(=O)O)Cc1cc(Cl)c2c(c1)OCCO2. The topological polar surface area (TPSA) is 68.2 Å². The van der Waals surface area contributed by atoms with E-state index in [4.69, 9.17) is 30.9 Å². The lowest BCUT2D eigenvalue weighted by Gasteiger charge is -2.23. The van der Waals surface area contributed by atoms with E-state index in [1.165, 1.54) is 0 Å². The minimum atomic E-state index is -0.880. The molecule has 0 fully saturated rings. The third-order valence-electron chi connectivity index (χ3n) is 3.03. The van der Waals surface area contributed by atoms with E-state index >= 15 is 0 Å². The van der Waals surface area contributed by atoms with Crippen LogP contribution in [-0.4, -0.2) is 56.0 Å². The van der Waals surface area contributed by atoms with Crippen LogP contribution in [-0.2, 0) is 16.1 Å². The smallest absolute Gasteiger partial charge is 0.317 e. The van der Waals surface area contributed by atoms with E-state index in [0.717, 1.165) is 5.56 Å². The molecule has 0 atom stereocenters. The lowest BCUT2D eigenvalue weighted by molar-refractivity contribution is -0.138. The molecule has 0 saturated heterocycles. The first-order valence-corrected chi connectivity index (χ1v) is 6.99. The highest BCUT2D eigenvalue weighted by Crippen LogP contribution is 2.38. The molecular weight excluding hydrogens is 298 g/mol. The van der Waals surface area contributed by atoms with E-state index in [0.29, 0.717) is 49.4 Å². The van der Waals surface area contributed by atoms with Crippen LogP contribution in [0.25, 0.3) is 0 Å². The summed E-state index contributed by atoms with van der Waals surface area (Å²) in [7, 11) is 1.58. The second-order valence-corrected chi connectivity index (χ2v) is 5.11. The Kier molecular flexibility index (Phi) is 5.67. The van der Waals surface area contributed by atoms with Crippen LogP contribution >= 0.6 is 11.6 Å². The van der Waals surface area contributed by atoms with Gasteiger partial charge in [0.2, 0.25) is 0 Å². The van der Waals surface area contributed by atoms with Gasteiger partial charge in [-0.25, -0.2) is 0 Å². The summed E-state index contributed by atoms with van der Waals surface area (Å²) in [5, 5.41) is 9.43. The van der Waals surface area contributed by atoms with E-state index in [9.17, 15) is 4.79 Å². The third kappa shape index (κ3) is 4.49. The predicted molar refractivity (Wildman–Crippen MR) is 77.2 cm³/mol. The molecule has 21 heavy (non-hydrogen) atoms. The summed E-state index contributed by atoms with van der Waals surface area (Å²) in [6.45, 7) is 2.34. The molecule has 116 valence electrons. The Bertz CT molecular complexity index is 508. The van der Waals surface area contributed by atoms with Crippen LogP contribution < -0.4 is 9.47 Å². The minimum absolute atomic E-state index is 0.0601. The highest BCUT2D eigenvalue weighted by molar-refractivity contribution is 6.32. The monoisotopic (exact) mass is 315 g/mol. The minimum Gasteiger partial charge on any atom is -0.486 e. The maximum atomic E-state index is 10.9. The van der Waals surface area contributed by atoms with Gasteiger partial charge in [-0.3, -0.25) is 9.69 Å². The molecule has 0 aromatic heterocycles. The van der Waals surface area contributed by atoms with Crippen LogP contribution in [0.4, 0.5) is 0 Å². The standard InChI is InChI=1S/C14H18ClNO5/c1-19-3-2-16(9-13(17)18)8-10-6-11(15)14-12(7-10)20-4-5-21-14/h6-7H,2-5,8-9H2,1H3,(H,17,18). The molecule has 2 rings (SSSR count). The van der Waals surface area contributed by atoms with E-state index in [1.807, 2.05) is 6.07 Å². The first kappa shape index (κ1) is 15.9. The fourth-order valence-corrected chi connectivity index (χ4v) is 2.43. The number of hydrogen-bond donors (Lipinski definition) is 1. The van der Waals surface area contributed by atoms with Crippen molar-refractivity contribution in [2.75, 3.05) is 40.0 Å². The van der Waals surface area contributed by atoms with E-state index < -0.39 is 5.97 Å². The fraction of sp³-hybridized carbons (Fsp3) is 0.500. The average molecular weight is 316 g/mol. The summed E-state index contributed by atoms with van der Waals surface area (Å²) >= 11 is 6.18. The lowest BCUT2D eigenvalue weighted by Crippen LogP contribution is -2.32. The van der Waals surface area contributed by atoms with Crippen LogP contribution in [0.15, 0.2) is 12.1 Å². The normalized spacial score (nSPS) is 13.5. The van der Waals surface area contributed by atoms with E-state index in [-0.39, 0.29) is 6.54 Å². The molecular formula is C14H18ClNO5. The van der Waals surface area contributed by atoms with Gasteiger partial charge in [0.1, 0.15) is 13.2 Å². The Morgan fingerprint density at radius 1 is 1.43 bits per heavy atom. The Morgan fingerprint density at radius 2 is 2.19 bits per heavy atom. The molecule has 0 spiro atoms. The van der Waals surface area contributed by atoms with Gasteiger partial charge in [0.25, 0.3) is 0 Å². The van der Waals surface area contributed by atoms with Crippen molar-refractivity contribution in [3.8, 4) is 11.5 Å². The van der Waals surface area contributed by atoms with Crippen molar-refractivity contribution in [1.82, 2.24) is 4.90 Å². The third-order valence-corrected chi connectivity index (χ3v) is 3.31. The zero-order valence-corrected chi connectivity index (χ0v) is 12.6. The molecule has 1 N–H and O–H groups in total. The van der Waals surface area contributed by atoms with Crippen molar-refractivity contribution in [1.29, 1.82) is 0 Å². The van der Waals surface area contributed by atoms with Crippen LogP contribution in [0.3, 0.4) is 0 Å². The van der Waals surface area contributed by atoms with Crippen molar-refractivity contribution < 1.29 is 24.1 Å². The number of nitrogens with zero attached hydrogens (tertiary/aromatic N) is 1. The van der Waals surface area contributed by atoms with Crippen molar-refractivity contribution in [3.05, 3.63) is 22.7 Å². The number of ether oxygens (including phenoxy) is 3. The van der Waals surface area contributed by atoms with Gasteiger partial charge in [-0.05, 0) is 17.7 Å². The molecule has 1 aromatic carbocycles. The van der Waals surface area contributed by atoms with Crippen molar-refractivity contribution >= 4 is 17.6 Å². The Labute approximate surface area is 128 Å². The van der Waals surface area contributed by atoms with E-state index in [2.05, 4.69) is 0 Å². The maximum Gasteiger partial charge on any atom is 0.317 e. The van der Waals surface area contributed by atoms with Gasteiger partial charge in [0, 0.05) is 20.2 Å². The average Bonchev–Trinajstić information content (AvgIpc) is 2.44. The summed E-state index contributed by atoms with van der Waals surface area (Å²) in [6.07, 6.45) is 0. The highest BCUT2D eigenvalue weighted by Gasteiger charge is 2.18. The molecule has 0 radical (unpaired) electrons. The second kappa shape index (κ2) is 7.49. The second-order valence-electron chi connectivity index (χ2n) is 4.70. The Hall–Kier alpha value is -1.50.